The molecule has 1 aromatic carbocycles. The molecule has 0 aliphatic carbocycles. The van der Waals surface area contributed by atoms with E-state index in [1.807, 2.05) is 0 Å². The SMILES string of the molecule is CCS(=O)N(Cc1ccc(-c2nnc(C(F)F)o2)cn1)c1ccc(C)c(F)c1. The Balaban J connectivity index is 1.82. The molecule has 0 radical (unpaired) electrons. The highest BCUT2D eigenvalue weighted by molar-refractivity contribution is 7.86. The zero-order chi connectivity index (χ0) is 20.3. The van der Waals surface area contributed by atoms with Gasteiger partial charge in [-0.3, -0.25) is 9.29 Å². The summed E-state index contributed by atoms with van der Waals surface area (Å²) in [5.74, 6) is -0.856. The number of aryl methyl sites for hydroxylation is 1. The Bertz CT molecular complexity index is 979. The van der Waals surface area contributed by atoms with E-state index in [9.17, 15) is 17.4 Å². The van der Waals surface area contributed by atoms with Gasteiger partial charge in [0.25, 0.3) is 5.89 Å². The summed E-state index contributed by atoms with van der Waals surface area (Å²) in [5, 5.41) is 6.84. The first kappa shape index (κ1) is 20.0. The van der Waals surface area contributed by atoms with Gasteiger partial charge >= 0.3 is 6.43 Å². The smallest absolute Gasteiger partial charge is 0.314 e. The van der Waals surface area contributed by atoms with E-state index in [4.69, 9.17) is 4.42 Å². The van der Waals surface area contributed by atoms with Crippen molar-refractivity contribution in [3.63, 3.8) is 0 Å². The maximum absolute atomic E-state index is 13.9. The molecule has 1 unspecified atom stereocenters. The molecule has 148 valence electrons. The van der Waals surface area contributed by atoms with Gasteiger partial charge in [0.1, 0.15) is 16.8 Å². The van der Waals surface area contributed by atoms with Crippen molar-refractivity contribution in [3.05, 3.63) is 59.5 Å². The summed E-state index contributed by atoms with van der Waals surface area (Å²) < 4.78 is 57.9. The first-order chi connectivity index (χ1) is 13.4. The van der Waals surface area contributed by atoms with E-state index in [0.29, 0.717) is 28.3 Å². The van der Waals surface area contributed by atoms with Crippen LogP contribution in [0.2, 0.25) is 0 Å². The van der Waals surface area contributed by atoms with Gasteiger partial charge in [0, 0.05) is 11.9 Å². The van der Waals surface area contributed by atoms with Crippen LogP contribution in [0, 0.1) is 12.7 Å². The second-order valence-corrected chi connectivity index (χ2v) is 7.53. The molecule has 0 fully saturated rings. The first-order valence-electron chi connectivity index (χ1n) is 8.38. The van der Waals surface area contributed by atoms with E-state index in [1.54, 1.807) is 42.4 Å². The summed E-state index contributed by atoms with van der Waals surface area (Å²) in [6, 6.07) is 7.88. The Morgan fingerprint density at radius 2 is 2.00 bits per heavy atom. The van der Waals surface area contributed by atoms with E-state index < -0.39 is 23.3 Å². The molecule has 0 aliphatic rings. The third kappa shape index (κ3) is 4.38. The number of nitrogens with zero attached hydrogens (tertiary/aromatic N) is 4. The van der Waals surface area contributed by atoms with Crippen molar-refractivity contribution in [2.24, 2.45) is 0 Å². The van der Waals surface area contributed by atoms with Crippen molar-refractivity contribution in [1.82, 2.24) is 15.2 Å². The molecule has 0 N–H and O–H groups in total. The molecule has 0 amide bonds. The van der Waals surface area contributed by atoms with E-state index in [2.05, 4.69) is 15.2 Å². The maximum Gasteiger partial charge on any atom is 0.314 e. The number of hydrogen-bond donors (Lipinski definition) is 0. The molecule has 10 heteroatoms. The predicted octanol–water partition coefficient (Wildman–Crippen LogP) is 4.21. The Hall–Kier alpha value is -2.75. The summed E-state index contributed by atoms with van der Waals surface area (Å²) in [6.07, 6.45) is -1.44. The van der Waals surface area contributed by atoms with E-state index in [0.717, 1.165) is 0 Å². The molecule has 3 aromatic rings. The standard InChI is InChI=1S/C18H17F3N4O2S/c1-3-28(26)25(14-7-4-11(2)15(19)8-14)10-13-6-5-12(9-22-13)17-23-24-18(27-17)16(20)21/h4-9,16H,3,10H2,1-2H3. The van der Waals surface area contributed by atoms with Crippen molar-refractivity contribution >= 4 is 16.7 Å². The van der Waals surface area contributed by atoms with Crippen LogP contribution in [-0.4, -0.2) is 25.1 Å². The highest BCUT2D eigenvalue weighted by Gasteiger charge is 2.18. The fourth-order valence-corrected chi connectivity index (χ4v) is 3.34. The molecular formula is C18H17F3N4O2S. The second-order valence-electron chi connectivity index (χ2n) is 5.86. The van der Waals surface area contributed by atoms with E-state index in [-0.39, 0.29) is 18.3 Å². The van der Waals surface area contributed by atoms with Crippen molar-refractivity contribution in [1.29, 1.82) is 0 Å². The van der Waals surface area contributed by atoms with Gasteiger partial charge in [-0.05, 0) is 36.8 Å². The average Bonchev–Trinajstić information content (AvgIpc) is 3.19. The van der Waals surface area contributed by atoms with E-state index in [1.165, 1.54) is 12.3 Å². The number of pyridine rings is 1. The highest BCUT2D eigenvalue weighted by atomic mass is 32.2. The molecular weight excluding hydrogens is 393 g/mol. The lowest BCUT2D eigenvalue weighted by Crippen LogP contribution is -2.27. The number of rotatable bonds is 7. The average molecular weight is 410 g/mol. The molecule has 0 bridgehead atoms. The Morgan fingerprint density at radius 3 is 2.57 bits per heavy atom. The predicted molar refractivity (Wildman–Crippen MR) is 98.5 cm³/mol. The lowest BCUT2D eigenvalue weighted by molar-refractivity contribution is 0.116. The van der Waals surface area contributed by atoms with Gasteiger partial charge in [-0.25, -0.2) is 8.60 Å². The van der Waals surface area contributed by atoms with Crippen molar-refractivity contribution in [3.8, 4) is 11.5 Å². The van der Waals surface area contributed by atoms with Crippen LogP contribution >= 0.6 is 0 Å². The van der Waals surface area contributed by atoms with Gasteiger partial charge in [0.2, 0.25) is 5.89 Å². The van der Waals surface area contributed by atoms with Crippen LogP contribution in [0.25, 0.3) is 11.5 Å². The number of alkyl halides is 2. The minimum Gasteiger partial charge on any atom is -0.415 e. The summed E-state index contributed by atoms with van der Waals surface area (Å²) in [7, 11) is -1.37. The third-order valence-electron chi connectivity index (χ3n) is 3.94. The van der Waals surface area contributed by atoms with Gasteiger partial charge in [-0.2, -0.15) is 8.78 Å². The fourth-order valence-electron chi connectivity index (χ4n) is 2.40. The molecule has 2 aromatic heterocycles. The molecule has 0 spiro atoms. The maximum atomic E-state index is 13.9. The monoisotopic (exact) mass is 410 g/mol. The Labute approximate surface area is 162 Å². The number of anilines is 1. The Kier molecular flexibility index (Phi) is 6.08. The molecule has 3 rings (SSSR count). The lowest BCUT2D eigenvalue weighted by atomic mass is 10.2. The number of halogens is 3. The molecule has 1 atom stereocenters. The minimum absolute atomic E-state index is 0.0658. The summed E-state index contributed by atoms with van der Waals surface area (Å²) in [4.78, 5) is 4.25. The third-order valence-corrected chi connectivity index (χ3v) is 5.27. The Morgan fingerprint density at radius 1 is 1.21 bits per heavy atom. The quantitative estimate of drug-likeness (QED) is 0.584. The van der Waals surface area contributed by atoms with Crippen molar-refractivity contribution in [2.75, 3.05) is 10.1 Å². The summed E-state index contributed by atoms with van der Waals surface area (Å²) >= 11 is 0. The molecule has 0 saturated heterocycles. The van der Waals surface area contributed by atoms with E-state index >= 15 is 0 Å². The van der Waals surface area contributed by atoms with Gasteiger partial charge in [-0.1, -0.05) is 13.0 Å². The minimum atomic E-state index is -2.85. The number of benzene rings is 1. The number of aromatic nitrogens is 3. The lowest BCUT2D eigenvalue weighted by Gasteiger charge is -2.23. The van der Waals surface area contributed by atoms with Crippen LogP contribution in [0.1, 0.15) is 30.5 Å². The normalized spacial score (nSPS) is 12.4. The van der Waals surface area contributed by atoms with Crippen LogP contribution in [0.4, 0.5) is 18.9 Å². The molecule has 6 nitrogen and oxygen atoms in total. The van der Waals surface area contributed by atoms with Crippen LogP contribution in [0.15, 0.2) is 40.9 Å². The molecule has 0 saturated carbocycles. The zero-order valence-corrected chi connectivity index (χ0v) is 15.9. The molecule has 28 heavy (non-hydrogen) atoms. The highest BCUT2D eigenvalue weighted by Crippen LogP contribution is 2.24. The summed E-state index contributed by atoms with van der Waals surface area (Å²) in [5.41, 5.74) is 1.91. The van der Waals surface area contributed by atoms with Gasteiger partial charge in [-0.15, -0.1) is 10.2 Å². The largest absolute Gasteiger partial charge is 0.415 e. The second kappa shape index (κ2) is 8.51. The van der Waals surface area contributed by atoms with Crippen LogP contribution < -0.4 is 4.31 Å². The first-order valence-corrected chi connectivity index (χ1v) is 9.65. The van der Waals surface area contributed by atoms with Gasteiger partial charge in [0.15, 0.2) is 0 Å². The molecule has 2 heterocycles. The molecule has 0 aliphatic heterocycles. The number of hydrogen-bond acceptors (Lipinski definition) is 5. The zero-order valence-electron chi connectivity index (χ0n) is 15.1. The van der Waals surface area contributed by atoms with Crippen molar-refractivity contribution in [2.45, 2.75) is 26.8 Å². The fraction of sp³-hybridized carbons (Fsp3) is 0.278. The van der Waals surface area contributed by atoms with Crippen LogP contribution in [0.3, 0.4) is 0 Å². The summed E-state index contributed by atoms with van der Waals surface area (Å²) in [6.45, 7) is 3.59. The van der Waals surface area contributed by atoms with Gasteiger partial charge in [0.05, 0.1) is 23.5 Å². The van der Waals surface area contributed by atoms with Crippen LogP contribution in [-0.2, 0) is 17.5 Å². The van der Waals surface area contributed by atoms with Crippen molar-refractivity contribution < 1.29 is 21.8 Å². The topological polar surface area (TPSA) is 72.1 Å². The van der Waals surface area contributed by atoms with Crippen LogP contribution in [0.5, 0.6) is 0 Å². The van der Waals surface area contributed by atoms with Gasteiger partial charge < -0.3 is 4.42 Å².